The standard InChI is InChI=1S/C18H25N5O2S/c1-5-23-17(14-9-7-6-8-13(14)4)21-22-18(23)26-11-16(25)19-10-15(24)20-12(2)3/h6-9,12H,5,10-11H2,1-4H3,(H,19,25)(H,20,24). The minimum atomic E-state index is -0.211. The third-order valence-corrected chi connectivity index (χ3v) is 4.61. The van der Waals surface area contributed by atoms with E-state index in [1.54, 1.807) is 0 Å². The van der Waals surface area contributed by atoms with Gasteiger partial charge in [0.1, 0.15) is 0 Å². The van der Waals surface area contributed by atoms with Gasteiger partial charge < -0.3 is 15.2 Å². The fourth-order valence-corrected chi connectivity index (χ4v) is 3.27. The summed E-state index contributed by atoms with van der Waals surface area (Å²) in [6.45, 7) is 8.49. The summed E-state index contributed by atoms with van der Waals surface area (Å²) in [4.78, 5) is 23.5. The van der Waals surface area contributed by atoms with Gasteiger partial charge in [0.15, 0.2) is 11.0 Å². The van der Waals surface area contributed by atoms with Crippen LogP contribution in [-0.4, -0.2) is 44.9 Å². The fourth-order valence-electron chi connectivity index (χ4n) is 2.44. The van der Waals surface area contributed by atoms with Gasteiger partial charge in [0.2, 0.25) is 11.8 Å². The van der Waals surface area contributed by atoms with Crippen LogP contribution in [0.15, 0.2) is 29.4 Å². The van der Waals surface area contributed by atoms with Gasteiger partial charge in [-0.25, -0.2) is 0 Å². The molecule has 26 heavy (non-hydrogen) atoms. The van der Waals surface area contributed by atoms with E-state index in [0.717, 1.165) is 17.0 Å². The molecular weight excluding hydrogens is 350 g/mol. The van der Waals surface area contributed by atoms with Crippen molar-refractivity contribution >= 4 is 23.6 Å². The van der Waals surface area contributed by atoms with Crippen molar-refractivity contribution in [3.05, 3.63) is 29.8 Å². The number of thioether (sulfide) groups is 1. The molecule has 2 rings (SSSR count). The van der Waals surface area contributed by atoms with Gasteiger partial charge in [0, 0.05) is 18.2 Å². The third kappa shape index (κ3) is 5.32. The van der Waals surface area contributed by atoms with Crippen LogP contribution in [0, 0.1) is 6.92 Å². The molecule has 0 aliphatic heterocycles. The lowest BCUT2D eigenvalue weighted by molar-refractivity contribution is -0.125. The molecule has 2 amide bonds. The quantitative estimate of drug-likeness (QED) is 0.689. The van der Waals surface area contributed by atoms with Gasteiger partial charge in [-0.2, -0.15) is 0 Å². The predicted octanol–water partition coefficient (Wildman–Crippen LogP) is 2.01. The Bertz CT molecular complexity index is 773. The molecule has 0 bridgehead atoms. The average molecular weight is 375 g/mol. The van der Waals surface area contributed by atoms with Crippen molar-refractivity contribution < 1.29 is 9.59 Å². The number of rotatable bonds is 8. The number of nitrogens with zero attached hydrogens (tertiary/aromatic N) is 3. The summed E-state index contributed by atoms with van der Waals surface area (Å²) >= 11 is 1.31. The molecule has 140 valence electrons. The van der Waals surface area contributed by atoms with E-state index in [9.17, 15) is 9.59 Å². The van der Waals surface area contributed by atoms with Crippen LogP contribution in [0.4, 0.5) is 0 Å². The van der Waals surface area contributed by atoms with Crippen molar-refractivity contribution in [3.63, 3.8) is 0 Å². The maximum absolute atomic E-state index is 12.0. The highest BCUT2D eigenvalue weighted by Gasteiger charge is 2.16. The number of hydrogen-bond acceptors (Lipinski definition) is 5. The zero-order chi connectivity index (χ0) is 19.1. The van der Waals surface area contributed by atoms with E-state index in [1.165, 1.54) is 11.8 Å². The number of carbonyl (C=O) groups is 2. The predicted molar refractivity (Wildman–Crippen MR) is 103 cm³/mol. The van der Waals surface area contributed by atoms with Gasteiger partial charge in [-0.1, -0.05) is 36.0 Å². The second kappa shape index (κ2) is 9.38. The van der Waals surface area contributed by atoms with Gasteiger partial charge in [-0.15, -0.1) is 10.2 Å². The summed E-state index contributed by atoms with van der Waals surface area (Å²) < 4.78 is 1.99. The summed E-state index contributed by atoms with van der Waals surface area (Å²) in [5.41, 5.74) is 2.16. The van der Waals surface area contributed by atoms with Crippen molar-refractivity contribution in [2.24, 2.45) is 0 Å². The molecule has 8 heteroatoms. The van der Waals surface area contributed by atoms with Gasteiger partial charge in [-0.3, -0.25) is 9.59 Å². The highest BCUT2D eigenvalue weighted by atomic mass is 32.2. The molecule has 0 radical (unpaired) electrons. The van der Waals surface area contributed by atoms with Gasteiger partial charge in [0.05, 0.1) is 12.3 Å². The molecule has 0 saturated carbocycles. The lowest BCUT2D eigenvalue weighted by Gasteiger charge is -2.10. The smallest absolute Gasteiger partial charge is 0.239 e. The monoisotopic (exact) mass is 375 g/mol. The SMILES string of the molecule is CCn1c(SCC(=O)NCC(=O)NC(C)C)nnc1-c1ccccc1C. The number of carbonyl (C=O) groups excluding carboxylic acids is 2. The van der Waals surface area contributed by atoms with Crippen molar-refractivity contribution in [1.82, 2.24) is 25.4 Å². The lowest BCUT2D eigenvalue weighted by Crippen LogP contribution is -2.40. The third-order valence-electron chi connectivity index (χ3n) is 3.65. The summed E-state index contributed by atoms with van der Waals surface area (Å²) in [6, 6.07) is 8.06. The molecule has 0 saturated heterocycles. The second-order valence-corrected chi connectivity index (χ2v) is 7.10. The number of nitrogens with one attached hydrogen (secondary N) is 2. The zero-order valence-corrected chi connectivity index (χ0v) is 16.4. The van der Waals surface area contributed by atoms with Crippen LogP contribution in [0.5, 0.6) is 0 Å². The molecular formula is C18H25N5O2S. The summed E-state index contributed by atoms with van der Waals surface area (Å²) in [7, 11) is 0. The number of hydrogen-bond donors (Lipinski definition) is 2. The highest BCUT2D eigenvalue weighted by Crippen LogP contribution is 2.25. The van der Waals surface area contributed by atoms with E-state index < -0.39 is 0 Å². The van der Waals surface area contributed by atoms with Crippen molar-refractivity contribution in [2.75, 3.05) is 12.3 Å². The maximum Gasteiger partial charge on any atom is 0.239 e. The van der Waals surface area contributed by atoms with Crippen molar-refractivity contribution in [1.29, 1.82) is 0 Å². The Morgan fingerprint density at radius 1 is 1.19 bits per heavy atom. The lowest BCUT2D eigenvalue weighted by atomic mass is 10.1. The molecule has 0 aliphatic carbocycles. The zero-order valence-electron chi connectivity index (χ0n) is 15.6. The Hall–Kier alpha value is -2.35. The summed E-state index contributed by atoms with van der Waals surface area (Å²) in [6.07, 6.45) is 0. The first-order valence-electron chi connectivity index (χ1n) is 8.60. The Labute approximate surface area is 158 Å². The first kappa shape index (κ1) is 20.0. The van der Waals surface area contributed by atoms with Crippen LogP contribution in [0.2, 0.25) is 0 Å². The van der Waals surface area contributed by atoms with Crippen molar-refractivity contribution in [3.8, 4) is 11.4 Å². The number of benzene rings is 1. The first-order valence-corrected chi connectivity index (χ1v) is 9.59. The fraction of sp³-hybridized carbons (Fsp3) is 0.444. The number of amides is 2. The second-order valence-electron chi connectivity index (χ2n) is 6.15. The van der Waals surface area contributed by atoms with Crippen LogP contribution in [0.25, 0.3) is 11.4 Å². The Morgan fingerprint density at radius 2 is 1.92 bits per heavy atom. The Kier molecular flexibility index (Phi) is 7.20. The van der Waals surface area contributed by atoms with Crippen LogP contribution >= 0.6 is 11.8 Å². The maximum atomic E-state index is 12.0. The number of aromatic nitrogens is 3. The molecule has 1 heterocycles. The molecule has 0 fully saturated rings. The molecule has 0 spiro atoms. The summed E-state index contributed by atoms with van der Waals surface area (Å²) in [5, 5.41) is 14.6. The van der Waals surface area contributed by atoms with Crippen LogP contribution in [-0.2, 0) is 16.1 Å². The first-order chi connectivity index (χ1) is 12.4. The minimum absolute atomic E-state index is 0.0213. The van der Waals surface area contributed by atoms with Crippen LogP contribution < -0.4 is 10.6 Å². The Morgan fingerprint density at radius 3 is 2.58 bits per heavy atom. The Balaban J connectivity index is 1.97. The molecule has 0 atom stereocenters. The highest BCUT2D eigenvalue weighted by molar-refractivity contribution is 7.99. The van der Waals surface area contributed by atoms with Gasteiger partial charge in [-0.05, 0) is 33.3 Å². The molecule has 0 aliphatic rings. The largest absolute Gasteiger partial charge is 0.352 e. The van der Waals surface area contributed by atoms with E-state index >= 15 is 0 Å². The van der Waals surface area contributed by atoms with Gasteiger partial charge >= 0.3 is 0 Å². The van der Waals surface area contributed by atoms with E-state index in [1.807, 2.05) is 56.5 Å². The molecule has 1 aromatic heterocycles. The molecule has 2 aromatic rings. The van der Waals surface area contributed by atoms with Gasteiger partial charge in [0.25, 0.3) is 0 Å². The van der Waals surface area contributed by atoms with Crippen LogP contribution in [0.3, 0.4) is 0 Å². The minimum Gasteiger partial charge on any atom is -0.352 e. The van der Waals surface area contributed by atoms with E-state index in [-0.39, 0.29) is 30.2 Å². The average Bonchev–Trinajstić information content (AvgIpc) is 3.00. The van der Waals surface area contributed by atoms with E-state index in [2.05, 4.69) is 20.8 Å². The molecule has 1 aromatic carbocycles. The topological polar surface area (TPSA) is 88.9 Å². The van der Waals surface area contributed by atoms with E-state index in [4.69, 9.17) is 0 Å². The molecule has 2 N–H and O–H groups in total. The number of aryl methyl sites for hydroxylation is 1. The summed E-state index contributed by atoms with van der Waals surface area (Å²) in [5.74, 6) is 0.569. The van der Waals surface area contributed by atoms with E-state index in [0.29, 0.717) is 11.7 Å². The van der Waals surface area contributed by atoms with Crippen molar-refractivity contribution in [2.45, 2.75) is 45.4 Å². The molecule has 7 nitrogen and oxygen atoms in total. The molecule has 0 unspecified atom stereocenters. The normalized spacial score (nSPS) is 10.8. The van der Waals surface area contributed by atoms with Crippen LogP contribution in [0.1, 0.15) is 26.3 Å².